The molecular formula is C38H32ClFN2O7. The van der Waals surface area contributed by atoms with E-state index in [1.165, 1.54) is 23.1 Å². The van der Waals surface area contributed by atoms with Crippen LogP contribution in [0.3, 0.4) is 0 Å². The third kappa shape index (κ3) is 4.71. The van der Waals surface area contributed by atoms with Crippen LogP contribution >= 0.6 is 11.6 Å². The number of anilines is 1. The Morgan fingerprint density at radius 3 is 2.45 bits per heavy atom. The van der Waals surface area contributed by atoms with Crippen molar-refractivity contribution in [3.63, 3.8) is 0 Å². The van der Waals surface area contributed by atoms with Gasteiger partial charge in [0, 0.05) is 24.4 Å². The highest BCUT2D eigenvalue weighted by atomic mass is 35.5. The molecule has 11 heteroatoms. The highest BCUT2D eigenvalue weighted by Gasteiger charge is 2.68. The molecule has 0 radical (unpaired) electrons. The van der Waals surface area contributed by atoms with Gasteiger partial charge in [0.05, 0.1) is 40.1 Å². The molecule has 2 N–H and O–H groups in total. The Morgan fingerprint density at radius 2 is 1.69 bits per heavy atom. The quantitative estimate of drug-likeness (QED) is 0.261. The predicted octanol–water partition coefficient (Wildman–Crippen LogP) is 5.72. The molecule has 3 heterocycles. The standard InChI is InChI=1S/C38H32ClFN2O7/c1-38-28(35(46)42(37(38)48)22-4-10-30(40)29(39)16-22)17-27-25(33(38)21-14-20-15-24(44)7-11-31(20)49-18-21)8-9-26-32(27)36(47)41(34(26)45)13-12-19-2-5-23(43)6-3-19/h2-8,10-11,15-16,18,26-28,32-33,43-44H,9,12-14,17H2,1H3/t26-,27+,28-,32-,33-,38+/m0/s1. The monoisotopic (exact) mass is 682 g/mol. The fraction of sp³-hybridized carbons (Fsp3) is 0.316. The van der Waals surface area contributed by atoms with Gasteiger partial charge < -0.3 is 14.9 Å². The third-order valence-electron chi connectivity index (χ3n) is 11.2. The average molecular weight is 683 g/mol. The van der Waals surface area contributed by atoms with Gasteiger partial charge in [0.15, 0.2) is 0 Å². The van der Waals surface area contributed by atoms with Crippen LogP contribution < -0.4 is 9.64 Å². The summed E-state index contributed by atoms with van der Waals surface area (Å²) in [6.07, 6.45) is 4.79. The van der Waals surface area contributed by atoms with Gasteiger partial charge in [-0.2, -0.15) is 0 Å². The van der Waals surface area contributed by atoms with Gasteiger partial charge >= 0.3 is 0 Å². The summed E-state index contributed by atoms with van der Waals surface area (Å²) in [5.74, 6) is -4.78. The zero-order valence-electron chi connectivity index (χ0n) is 26.4. The number of hydrogen-bond acceptors (Lipinski definition) is 7. The Morgan fingerprint density at radius 1 is 0.939 bits per heavy atom. The van der Waals surface area contributed by atoms with E-state index < -0.39 is 52.6 Å². The number of carbonyl (C=O) groups excluding carboxylic acids is 4. The molecule has 2 aliphatic carbocycles. The number of allylic oxidation sites excluding steroid dienone is 3. The molecule has 0 unspecified atom stereocenters. The molecular weight excluding hydrogens is 651 g/mol. The largest absolute Gasteiger partial charge is 0.508 e. The van der Waals surface area contributed by atoms with Crippen molar-refractivity contribution in [1.82, 2.24) is 4.90 Å². The number of carbonyl (C=O) groups is 4. The Hall–Kier alpha value is -4.96. The van der Waals surface area contributed by atoms with Crippen molar-refractivity contribution in [1.29, 1.82) is 0 Å². The number of likely N-dealkylation sites (tertiary alicyclic amines) is 1. The molecule has 1 saturated carbocycles. The highest BCUT2D eigenvalue weighted by Crippen LogP contribution is 2.63. The first-order chi connectivity index (χ1) is 23.5. The van der Waals surface area contributed by atoms with Crippen LogP contribution in [0, 0.1) is 40.8 Å². The van der Waals surface area contributed by atoms with E-state index in [1.807, 2.05) is 6.08 Å². The molecule has 49 heavy (non-hydrogen) atoms. The molecule has 5 aliphatic rings. The summed E-state index contributed by atoms with van der Waals surface area (Å²) in [5.41, 5.74) is 1.96. The SMILES string of the molecule is C[C@@]12C(=O)N(c3ccc(F)c(Cl)c3)C(=O)[C@@H]1C[C@@H]1C(=CC[C@@H]3C(=O)N(CCc4ccc(O)cc4)C(=O)[C@@H]31)[C@@H]2C1=COc2ccc(O)cc2C1. The lowest BCUT2D eigenvalue weighted by Crippen LogP contribution is -2.51. The van der Waals surface area contributed by atoms with Gasteiger partial charge in [-0.1, -0.05) is 35.4 Å². The van der Waals surface area contributed by atoms with E-state index >= 15 is 0 Å². The molecule has 3 fully saturated rings. The number of aromatic hydroxyl groups is 2. The first kappa shape index (κ1) is 31.3. The van der Waals surface area contributed by atoms with Crippen LogP contribution in [0.2, 0.25) is 5.02 Å². The molecule has 0 aromatic heterocycles. The topological polar surface area (TPSA) is 124 Å². The number of halogens is 2. The Labute approximate surface area is 286 Å². The maximum Gasteiger partial charge on any atom is 0.241 e. The van der Waals surface area contributed by atoms with Crippen molar-refractivity contribution in [2.45, 2.75) is 32.6 Å². The molecule has 8 rings (SSSR count). The van der Waals surface area contributed by atoms with Crippen molar-refractivity contribution in [2.75, 3.05) is 11.4 Å². The lowest BCUT2D eigenvalue weighted by Gasteiger charge is -2.49. The number of hydrogen-bond donors (Lipinski definition) is 2. The zero-order valence-corrected chi connectivity index (χ0v) is 27.2. The van der Waals surface area contributed by atoms with Crippen molar-refractivity contribution in [3.8, 4) is 17.2 Å². The highest BCUT2D eigenvalue weighted by molar-refractivity contribution is 6.31. The fourth-order valence-electron chi connectivity index (χ4n) is 8.91. The van der Waals surface area contributed by atoms with Gasteiger partial charge in [0.1, 0.15) is 23.1 Å². The molecule has 2 saturated heterocycles. The van der Waals surface area contributed by atoms with Crippen molar-refractivity contribution in [3.05, 3.63) is 106 Å². The Balaban J connectivity index is 1.19. The number of ether oxygens (including phenoxy) is 1. The van der Waals surface area contributed by atoms with E-state index in [1.54, 1.807) is 49.6 Å². The van der Waals surface area contributed by atoms with E-state index in [9.17, 15) is 33.8 Å². The number of phenolic OH excluding ortho intramolecular Hbond substituents is 2. The molecule has 3 aromatic rings. The van der Waals surface area contributed by atoms with Crippen molar-refractivity contribution < 1.29 is 38.5 Å². The molecule has 4 amide bonds. The van der Waals surface area contributed by atoms with Crippen LogP contribution in [-0.2, 0) is 32.0 Å². The second kappa shape index (κ2) is 11.3. The van der Waals surface area contributed by atoms with E-state index in [4.69, 9.17) is 16.3 Å². The Kier molecular flexibility index (Phi) is 7.22. The molecule has 0 spiro atoms. The van der Waals surface area contributed by atoms with Crippen LogP contribution in [0.1, 0.15) is 30.9 Å². The van der Waals surface area contributed by atoms with Gasteiger partial charge in [0.25, 0.3) is 0 Å². The molecule has 6 atom stereocenters. The number of imide groups is 2. The number of benzene rings is 3. The predicted molar refractivity (Wildman–Crippen MR) is 176 cm³/mol. The molecule has 0 bridgehead atoms. The summed E-state index contributed by atoms with van der Waals surface area (Å²) in [5, 5.41) is 19.7. The first-order valence-electron chi connectivity index (χ1n) is 16.3. The smallest absolute Gasteiger partial charge is 0.241 e. The lowest BCUT2D eigenvalue weighted by molar-refractivity contribution is -0.140. The minimum Gasteiger partial charge on any atom is -0.508 e. The molecule has 250 valence electrons. The van der Waals surface area contributed by atoms with Gasteiger partial charge in [0.2, 0.25) is 23.6 Å². The second-order valence-corrected chi connectivity index (χ2v) is 14.2. The number of phenols is 2. The Bertz CT molecular complexity index is 2030. The van der Waals surface area contributed by atoms with Crippen LogP contribution in [0.5, 0.6) is 17.2 Å². The average Bonchev–Trinajstić information content (AvgIpc) is 3.44. The molecule has 3 aromatic carbocycles. The summed E-state index contributed by atoms with van der Waals surface area (Å²) in [7, 11) is 0. The lowest BCUT2D eigenvalue weighted by atomic mass is 9.51. The van der Waals surface area contributed by atoms with E-state index in [2.05, 4.69) is 0 Å². The van der Waals surface area contributed by atoms with Crippen LogP contribution in [0.25, 0.3) is 0 Å². The number of nitrogens with zero attached hydrogens (tertiary/aromatic N) is 2. The minimum atomic E-state index is -1.30. The van der Waals surface area contributed by atoms with Crippen molar-refractivity contribution in [2.24, 2.45) is 35.0 Å². The summed E-state index contributed by atoms with van der Waals surface area (Å²) in [6, 6.07) is 15.1. The second-order valence-electron chi connectivity index (χ2n) is 13.8. The maximum absolute atomic E-state index is 14.6. The van der Waals surface area contributed by atoms with Gasteiger partial charge in [-0.3, -0.25) is 24.1 Å². The summed E-state index contributed by atoms with van der Waals surface area (Å²) < 4.78 is 20.2. The summed E-state index contributed by atoms with van der Waals surface area (Å²) >= 11 is 6.10. The fourth-order valence-corrected chi connectivity index (χ4v) is 9.08. The van der Waals surface area contributed by atoms with Crippen LogP contribution in [0.15, 0.2) is 84.1 Å². The number of amides is 4. The van der Waals surface area contributed by atoms with Crippen LogP contribution in [0.4, 0.5) is 10.1 Å². The van der Waals surface area contributed by atoms with Crippen molar-refractivity contribution >= 4 is 40.9 Å². The summed E-state index contributed by atoms with van der Waals surface area (Å²) in [6.45, 7) is 1.94. The van der Waals surface area contributed by atoms with Crippen LogP contribution in [-0.4, -0.2) is 45.3 Å². The summed E-state index contributed by atoms with van der Waals surface area (Å²) in [4.78, 5) is 59.3. The normalized spacial score (nSPS) is 28.8. The van der Waals surface area contributed by atoms with Gasteiger partial charge in [-0.15, -0.1) is 0 Å². The third-order valence-corrected chi connectivity index (χ3v) is 11.5. The molecule has 9 nitrogen and oxygen atoms in total. The minimum absolute atomic E-state index is 0.0582. The van der Waals surface area contributed by atoms with E-state index in [-0.39, 0.29) is 47.0 Å². The zero-order chi connectivity index (χ0) is 34.4. The molecule has 3 aliphatic heterocycles. The maximum atomic E-state index is 14.6. The number of fused-ring (bicyclic) bond motifs is 5. The van der Waals surface area contributed by atoms with Gasteiger partial charge in [-0.05, 0) is 91.8 Å². The van der Waals surface area contributed by atoms with E-state index in [0.717, 1.165) is 22.1 Å². The first-order valence-corrected chi connectivity index (χ1v) is 16.7. The van der Waals surface area contributed by atoms with Gasteiger partial charge in [-0.25, -0.2) is 9.29 Å². The van der Waals surface area contributed by atoms with E-state index in [0.29, 0.717) is 36.1 Å². The number of rotatable bonds is 5.